The summed E-state index contributed by atoms with van der Waals surface area (Å²) in [6.07, 6.45) is -7.29. The topological polar surface area (TPSA) is 113 Å². The summed E-state index contributed by atoms with van der Waals surface area (Å²) >= 11 is 0. The van der Waals surface area contributed by atoms with Crippen molar-refractivity contribution in [1.82, 2.24) is 45.2 Å². The molecule has 30 heavy (non-hydrogen) atoms. The van der Waals surface area contributed by atoms with Crippen molar-refractivity contribution >= 4 is 17.0 Å². The van der Waals surface area contributed by atoms with E-state index in [2.05, 4.69) is 35.7 Å². The summed E-state index contributed by atoms with van der Waals surface area (Å²) in [5, 5.41) is 19.2. The van der Waals surface area contributed by atoms with Crippen LogP contribution in [0.3, 0.4) is 0 Å². The third-order valence-electron chi connectivity index (χ3n) is 4.46. The first-order valence-corrected chi connectivity index (χ1v) is 8.72. The van der Waals surface area contributed by atoms with Gasteiger partial charge in [-0.05, 0) is 17.4 Å². The van der Waals surface area contributed by atoms with E-state index >= 15 is 0 Å². The molecule has 11 nitrogen and oxygen atoms in total. The van der Waals surface area contributed by atoms with Crippen molar-refractivity contribution < 1.29 is 26.7 Å². The molecule has 1 atom stereocenters. The van der Waals surface area contributed by atoms with Gasteiger partial charge < -0.3 is 9.64 Å². The van der Waals surface area contributed by atoms with E-state index in [9.17, 15) is 22.0 Å². The molecule has 0 aromatic carbocycles. The van der Waals surface area contributed by atoms with Crippen molar-refractivity contribution in [3.05, 3.63) is 5.82 Å². The van der Waals surface area contributed by atoms with Gasteiger partial charge in [0.05, 0.1) is 6.54 Å². The van der Waals surface area contributed by atoms with E-state index in [1.807, 2.05) is 0 Å². The fourth-order valence-electron chi connectivity index (χ4n) is 2.81. The third-order valence-corrected chi connectivity index (χ3v) is 4.46. The number of tetrazole rings is 1. The highest BCUT2D eigenvalue weighted by Crippen LogP contribution is 2.34. The van der Waals surface area contributed by atoms with Gasteiger partial charge in [-0.25, -0.2) is 13.5 Å². The van der Waals surface area contributed by atoms with Crippen LogP contribution in [0.1, 0.15) is 19.2 Å². The molecular formula is C14H15F5N10O. The van der Waals surface area contributed by atoms with Crippen LogP contribution in [0.5, 0.6) is 6.01 Å². The van der Waals surface area contributed by atoms with Gasteiger partial charge in [0, 0.05) is 20.0 Å². The number of anilines is 1. The lowest BCUT2D eigenvalue weighted by Crippen LogP contribution is -2.32. The summed E-state index contributed by atoms with van der Waals surface area (Å²) in [5.41, 5.74) is -0.0513. The van der Waals surface area contributed by atoms with Gasteiger partial charge in [-0.15, -0.1) is 15.3 Å². The first-order valence-electron chi connectivity index (χ1n) is 8.72. The number of nitrogens with zero attached hydrogens (tertiary/aromatic N) is 10. The molecule has 162 valence electrons. The molecule has 1 aliphatic heterocycles. The number of aromatic nitrogens is 9. The minimum Gasteiger partial charge on any atom is -0.451 e. The van der Waals surface area contributed by atoms with Crippen molar-refractivity contribution in [2.75, 3.05) is 18.0 Å². The van der Waals surface area contributed by atoms with Crippen LogP contribution in [0.25, 0.3) is 11.2 Å². The lowest BCUT2D eigenvalue weighted by Gasteiger charge is -2.19. The number of hydrogen-bond donors (Lipinski definition) is 0. The molecule has 0 bridgehead atoms. The van der Waals surface area contributed by atoms with Crippen molar-refractivity contribution in [3.63, 3.8) is 0 Å². The summed E-state index contributed by atoms with van der Waals surface area (Å²) in [4.78, 5) is 10.2. The van der Waals surface area contributed by atoms with E-state index in [4.69, 9.17) is 4.74 Å². The molecule has 3 aromatic rings. The van der Waals surface area contributed by atoms with Gasteiger partial charge >= 0.3 is 12.2 Å². The van der Waals surface area contributed by atoms with Crippen molar-refractivity contribution in [2.24, 2.45) is 7.05 Å². The first-order chi connectivity index (χ1) is 14.0. The molecule has 3 aromatic heterocycles. The maximum atomic E-state index is 13.7. The predicted octanol–water partition coefficient (Wildman–Crippen LogP) is 0.968. The van der Waals surface area contributed by atoms with E-state index in [0.717, 1.165) is 11.7 Å². The molecule has 16 heteroatoms. The van der Waals surface area contributed by atoms with Crippen LogP contribution in [0.2, 0.25) is 0 Å². The molecule has 4 heterocycles. The fraction of sp³-hybridized carbons (Fsp3) is 0.643. The largest absolute Gasteiger partial charge is 0.451 e. The molecule has 1 aliphatic rings. The lowest BCUT2D eigenvalue weighted by atomic mass is 10.3. The zero-order valence-corrected chi connectivity index (χ0v) is 15.7. The minimum absolute atomic E-state index is 0.0185. The maximum absolute atomic E-state index is 13.7. The Balaban J connectivity index is 1.74. The molecule has 0 unspecified atom stereocenters. The molecule has 0 N–H and O–H groups in total. The molecule has 1 saturated heterocycles. The van der Waals surface area contributed by atoms with Gasteiger partial charge in [-0.3, -0.25) is 0 Å². The molecule has 4 rings (SSSR count). The normalized spacial score (nSPS) is 17.6. The number of fused-ring (bicyclic) bond motifs is 1. The van der Waals surface area contributed by atoms with Gasteiger partial charge in [0.25, 0.3) is 5.92 Å². The van der Waals surface area contributed by atoms with Gasteiger partial charge in [0.15, 0.2) is 23.3 Å². The zero-order valence-electron chi connectivity index (χ0n) is 15.7. The molecular weight excluding hydrogens is 419 g/mol. The summed E-state index contributed by atoms with van der Waals surface area (Å²) < 4.78 is 72.2. The second kappa shape index (κ2) is 6.94. The number of rotatable bonds is 5. The van der Waals surface area contributed by atoms with Crippen molar-refractivity contribution in [1.29, 1.82) is 0 Å². The van der Waals surface area contributed by atoms with Gasteiger partial charge in [-0.2, -0.15) is 27.9 Å². The minimum atomic E-state index is -4.66. The Kier molecular flexibility index (Phi) is 4.65. The van der Waals surface area contributed by atoms with Crippen LogP contribution in [-0.4, -0.2) is 76.5 Å². The van der Waals surface area contributed by atoms with Gasteiger partial charge in [0.2, 0.25) is 5.65 Å². The second-order valence-electron chi connectivity index (χ2n) is 6.78. The Bertz CT molecular complexity index is 1060. The average molecular weight is 434 g/mol. The van der Waals surface area contributed by atoms with E-state index in [-0.39, 0.29) is 30.1 Å². The smallest absolute Gasteiger partial charge is 0.425 e. The Morgan fingerprint density at radius 2 is 1.97 bits per heavy atom. The van der Waals surface area contributed by atoms with Crippen LogP contribution in [0.4, 0.5) is 27.8 Å². The molecule has 1 fully saturated rings. The summed E-state index contributed by atoms with van der Waals surface area (Å²) in [7, 11) is 1.60. The van der Waals surface area contributed by atoms with Crippen LogP contribution < -0.4 is 9.64 Å². The second-order valence-corrected chi connectivity index (χ2v) is 6.78. The summed E-state index contributed by atoms with van der Waals surface area (Å²) in [6.45, 7) is 0.0840. The van der Waals surface area contributed by atoms with E-state index in [0.29, 0.717) is 5.82 Å². The van der Waals surface area contributed by atoms with E-state index in [1.165, 1.54) is 9.58 Å². The van der Waals surface area contributed by atoms with Crippen LogP contribution in [-0.2, 0) is 13.6 Å². The summed E-state index contributed by atoms with van der Waals surface area (Å²) in [6, 6.07) is -0.634. The van der Waals surface area contributed by atoms with Crippen LogP contribution in [0, 0.1) is 0 Å². The van der Waals surface area contributed by atoms with Crippen LogP contribution in [0.15, 0.2) is 0 Å². The third kappa shape index (κ3) is 3.93. The maximum Gasteiger partial charge on any atom is 0.425 e. The Labute approximate surface area is 164 Å². The highest BCUT2D eigenvalue weighted by Gasteiger charge is 2.41. The molecule has 0 amide bonds. The highest BCUT2D eigenvalue weighted by molar-refractivity contribution is 5.83. The number of alkyl halides is 5. The number of ether oxygens (including phenoxy) is 1. The number of aryl methyl sites for hydroxylation is 1. The Morgan fingerprint density at radius 1 is 1.20 bits per heavy atom. The van der Waals surface area contributed by atoms with Crippen molar-refractivity contribution in [2.45, 2.75) is 38.1 Å². The quantitative estimate of drug-likeness (QED) is 0.542. The first kappa shape index (κ1) is 20.1. The predicted molar refractivity (Wildman–Crippen MR) is 88.9 cm³/mol. The lowest BCUT2D eigenvalue weighted by molar-refractivity contribution is -0.190. The molecule has 0 spiro atoms. The number of halogens is 5. The monoisotopic (exact) mass is 434 g/mol. The fourth-order valence-corrected chi connectivity index (χ4v) is 2.81. The standard InChI is InChI=1S/C14H15F5N10O/c1-7(14(17,18)19)30-12-20-10-9(11(21-12)28-4-3-13(15,16)6-28)23-29(24-10)5-8-22-25-26-27(8)2/h7H,3-6H2,1-2H3/t7-/m0/s1. The Hall–Kier alpha value is -3.20. The van der Waals surface area contributed by atoms with Gasteiger partial charge in [0.1, 0.15) is 6.54 Å². The van der Waals surface area contributed by atoms with Crippen molar-refractivity contribution in [3.8, 4) is 6.01 Å². The zero-order chi connectivity index (χ0) is 21.7. The molecule has 0 saturated carbocycles. The Morgan fingerprint density at radius 3 is 2.57 bits per heavy atom. The van der Waals surface area contributed by atoms with E-state index < -0.39 is 37.2 Å². The number of hydrogen-bond acceptors (Lipinski definition) is 9. The average Bonchev–Trinajstić information content (AvgIpc) is 3.32. The van der Waals surface area contributed by atoms with E-state index in [1.54, 1.807) is 7.05 Å². The summed E-state index contributed by atoms with van der Waals surface area (Å²) in [5.74, 6) is -2.65. The molecule has 0 aliphatic carbocycles. The SMILES string of the molecule is C[C@H](Oc1nc(N2CCC(F)(F)C2)c2nn(Cc3nnnn3C)nc2n1)C(F)(F)F. The highest BCUT2D eigenvalue weighted by atomic mass is 19.4. The van der Waals surface area contributed by atoms with Gasteiger partial charge in [-0.1, -0.05) is 0 Å². The molecule has 0 radical (unpaired) electrons. The van der Waals surface area contributed by atoms with Crippen LogP contribution >= 0.6 is 0 Å².